The maximum Gasteiger partial charge on any atom is 0.130 e. The highest BCUT2D eigenvalue weighted by Gasteiger charge is 2.23. The quantitative estimate of drug-likeness (QED) is 0.326. The van der Waals surface area contributed by atoms with Gasteiger partial charge in [-0.25, -0.2) is 4.98 Å². The number of benzene rings is 2. The molecule has 0 saturated carbocycles. The molecule has 1 aromatic heterocycles. The number of aliphatic imine (C=N–C) groups is 1. The van der Waals surface area contributed by atoms with E-state index in [1.165, 1.54) is 40.7 Å². The smallest absolute Gasteiger partial charge is 0.130 e. The second kappa shape index (κ2) is 11.7. The van der Waals surface area contributed by atoms with E-state index in [1.54, 1.807) is 0 Å². The Labute approximate surface area is 232 Å². The number of hydrogen-bond donors (Lipinski definition) is 1. The van der Waals surface area contributed by atoms with E-state index in [2.05, 4.69) is 77.6 Å². The van der Waals surface area contributed by atoms with Crippen molar-refractivity contribution in [3.05, 3.63) is 88.6 Å². The third kappa shape index (κ3) is 5.83. The summed E-state index contributed by atoms with van der Waals surface area (Å²) in [4.78, 5) is 13.7. The second-order valence-electron chi connectivity index (χ2n) is 10.8. The Morgan fingerprint density at radius 2 is 1.77 bits per heavy atom. The first-order valence-electron chi connectivity index (χ1n) is 14.0. The predicted octanol–water partition coefficient (Wildman–Crippen LogP) is 6.96. The maximum absolute atomic E-state index is 9.08. The fourth-order valence-corrected chi connectivity index (χ4v) is 5.89. The topological polar surface area (TPSA) is 67.6 Å². The molecule has 1 N–H and O–H groups in total. The summed E-state index contributed by atoms with van der Waals surface area (Å²) in [6, 6.07) is 16.9. The van der Waals surface area contributed by atoms with Crippen LogP contribution in [-0.2, 0) is 6.54 Å². The number of pyridine rings is 1. The van der Waals surface area contributed by atoms with Gasteiger partial charge in [0.1, 0.15) is 5.82 Å². The molecular formula is C33H38N6. The molecule has 0 radical (unpaired) electrons. The van der Waals surface area contributed by atoms with E-state index in [4.69, 9.17) is 10.2 Å². The van der Waals surface area contributed by atoms with Crippen LogP contribution in [0.5, 0.6) is 0 Å². The molecule has 0 amide bonds. The fraction of sp³-hybridized carbons (Fsp3) is 0.364. The van der Waals surface area contributed by atoms with Crippen molar-refractivity contribution in [3.8, 4) is 6.07 Å². The lowest BCUT2D eigenvalue weighted by atomic mass is 9.88. The Kier molecular flexibility index (Phi) is 7.97. The summed E-state index contributed by atoms with van der Waals surface area (Å²) in [6.07, 6.45) is 6.49. The lowest BCUT2D eigenvalue weighted by Crippen LogP contribution is -2.31. The molecule has 200 valence electrons. The van der Waals surface area contributed by atoms with E-state index >= 15 is 0 Å². The van der Waals surface area contributed by atoms with Crippen LogP contribution in [0.25, 0.3) is 5.70 Å². The van der Waals surface area contributed by atoms with Crippen LogP contribution in [-0.4, -0.2) is 42.8 Å². The van der Waals surface area contributed by atoms with Gasteiger partial charge in [-0.2, -0.15) is 5.26 Å². The molecule has 2 aromatic carbocycles. The van der Waals surface area contributed by atoms with Crippen molar-refractivity contribution in [2.24, 2.45) is 4.99 Å². The van der Waals surface area contributed by atoms with E-state index in [9.17, 15) is 0 Å². The second-order valence-corrected chi connectivity index (χ2v) is 10.8. The summed E-state index contributed by atoms with van der Waals surface area (Å²) in [5, 5.41) is 12.6. The largest absolute Gasteiger partial charge is 0.378 e. The van der Waals surface area contributed by atoms with Crippen molar-refractivity contribution in [1.82, 2.24) is 9.88 Å². The number of likely N-dealkylation sites (tertiary alicyclic amines) is 1. The summed E-state index contributed by atoms with van der Waals surface area (Å²) >= 11 is 0. The lowest BCUT2D eigenvalue weighted by molar-refractivity contribution is 0.299. The van der Waals surface area contributed by atoms with E-state index < -0.39 is 0 Å². The van der Waals surface area contributed by atoms with Crippen molar-refractivity contribution in [2.45, 2.75) is 52.0 Å². The van der Waals surface area contributed by atoms with Crippen LogP contribution in [0, 0.1) is 25.2 Å². The van der Waals surface area contributed by atoms with Gasteiger partial charge in [-0.05, 0) is 92.6 Å². The maximum atomic E-state index is 9.08. The highest BCUT2D eigenvalue weighted by Crippen LogP contribution is 2.34. The van der Waals surface area contributed by atoms with Crippen LogP contribution in [0.3, 0.4) is 0 Å². The van der Waals surface area contributed by atoms with Gasteiger partial charge in [0.05, 0.1) is 29.2 Å². The fourth-order valence-electron chi connectivity index (χ4n) is 5.89. The third-order valence-electron chi connectivity index (χ3n) is 8.32. The van der Waals surface area contributed by atoms with Gasteiger partial charge in [0.25, 0.3) is 0 Å². The molecule has 2 fully saturated rings. The van der Waals surface area contributed by atoms with Gasteiger partial charge >= 0.3 is 0 Å². The van der Waals surface area contributed by atoms with Crippen molar-refractivity contribution >= 4 is 29.6 Å². The lowest BCUT2D eigenvalue weighted by Gasteiger charge is -2.35. The van der Waals surface area contributed by atoms with Gasteiger partial charge in [-0.1, -0.05) is 24.8 Å². The average molecular weight is 519 g/mol. The van der Waals surface area contributed by atoms with Crippen LogP contribution in [0.15, 0.2) is 60.2 Å². The van der Waals surface area contributed by atoms with E-state index in [-0.39, 0.29) is 0 Å². The van der Waals surface area contributed by atoms with Crippen molar-refractivity contribution < 1.29 is 0 Å². The molecule has 5 rings (SSSR count). The van der Waals surface area contributed by atoms with Crippen LogP contribution >= 0.6 is 0 Å². The number of hydrogen-bond acceptors (Lipinski definition) is 6. The van der Waals surface area contributed by atoms with Crippen molar-refractivity contribution in [3.63, 3.8) is 0 Å². The monoisotopic (exact) mass is 518 g/mol. The number of rotatable bonds is 8. The zero-order chi connectivity index (χ0) is 27.4. The zero-order valence-electron chi connectivity index (χ0n) is 23.2. The normalized spacial score (nSPS) is 15.7. The first kappa shape index (κ1) is 26.5. The molecule has 0 unspecified atom stereocenters. The van der Waals surface area contributed by atoms with Gasteiger partial charge in [0.15, 0.2) is 0 Å². The van der Waals surface area contributed by atoms with Gasteiger partial charge in [-0.15, -0.1) is 0 Å². The molecule has 3 heterocycles. The third-order valence-corrected chi connectivity index (χ3v) is 8.32. The van der Waals surface area contributed by atoms with Crippen molar-refractivity contribution in [2.75, 3.05) is 36.4 Å². The Balaban J connectivity index is 1.25. The number of piperidine rings is 1. The average Bonchev–Trinajstić information content (AvgIpc) is 3.52. The summed E-state index contributed by atoms with van der Waals surface area (Å²) in [6.45, 7) is 17.4. The summed E-state index contributed by atoms with van der Waals surface area (Å²) in [5.74, 6) is 1.51. The van der Waals surface area contributed by atoms with Crippen LogP contribution in [0.4, 0.5) is 17.2 Å². The van der Waals surface area contributed by atoms with Gasteiger partial charge < -0.3 is 15.1 Å². The van der Waals surface area contributed by atoms with E-state index in [1.807, 2.05) is 24.4 Å². The van der Waals surface area contributed by atoms with Gasteiger partial charge in [0.2, 0.25) is 0 Å². The first-order chi connectivity index (χ1) is 19.0. The number of nitrogens with zero attached hydrogens (tertiary/aromatic N) is 5. The highest BCUT2D eigenvalue weighted by atomic mass is 15.2. The Morgan fingerprint density at radius 3 is 2.44 bits per heavy atom. The summed E-state index contributed by atoms with van der Waals surface area (Å²) in [5.41, 5.74) is 9.84. The molecule has 0 aliphatic carbocycles. The molecule has 39 heavy (non-hydrogen) atoms. The zero-order valence-corrected chi connectivity index (χ0v) is 23.2. The summed E-state index contributed by atoms with van der Waals surface area (Å²) < 4.78 is 0. The van der Waals surface area contributed by atoms with Gasteiger partial charge in [0, 0.05) is 50.1 Å². The van der Waals surface area contributed by atoms with Gasteiger partial charge in [-0.3, -0.25) is 4.99 Å². The van der Waals surface area contributed by atoms with E-state index in [0.29, 0.717) is 12.5 Å². The molecular weight excluding hydrogens is 480 g/mol. The molecule has 2 aliphatic rings. The molecule has 6 nitrogen and oxygen atoms in total. The predicted molar refractivity (Wildman–Crippen MR) is 162 cm³/mol. The number of nitrogens with one attached hydrogen (secondary N) is 1. The summed E-state index contributed by atoms with van der Waals surface area (Å²) in [7, 11) is 0. The Morgan fingerprint density at radius 1 is 1.05 bits per heavy atom. The number of nitriles is 1. The van der Waals surface area contributed by atoms with E-state index in [0.717, 1.165) is 67.5 Å². The minimum absolute atomic E-state index is 0.527. The molecule has 2 aliphatic heterocycles. The minimum atomic E-state index is 0.527. The molecule has 0 bridgehead atoms. The van der Waals surface area contributed by atoms with Crippen LogP contribution in [0.2, 0.25) is 0 Å². The highest BCUT2D eigenvalue weighted by molar-refractivity contribution is 5.71. The number of aromatic nitrogens is 1. The Bertz CT molecular complexity index is 1390. The standard InChI is InChI=1S/C33H38N6/c1-23-17-24(2)30(25(3)38-15-11-28(12-16-38)27-9-7-26(20-34)8-10-27)18-29(23)21-36-32-22-37-33(19-31(32)35-4)39-13-5-6-14-39/h7-10,17-19,22,28,36H,3-6,11-16,21H2,1-2H3. The molecule has 0 atom stereocenters. The van der Waals surface area contributed by atoms with Crippen LogP contribution in [0.1, 0.15) is 65.0 Å². The van der Waals surface area contributed by atoms with Crippen molar-refractivity contribution in [1.29, 1.82) is 5.26 Å². The molecule has 6 heteroatoms. The van der Waals surface area contributed by atoms with Crippen LogP contribution < -0.4 is 10.2 Å². The molecule has 2 saturated heterocycles. The number of anilines is 2. The molecule has 0 spiro atoms. The minimum Gasteiger partial charge on any atom is -0.378 e. The first-order valence-corrected chi connectivity index (χ1v) is 14.0. The SMILES string of the molecule is C=Nc1cc(N2CCCC2)ncc1NCc1cc(C(=C)N2CCC(c3ccc(C#N)cc3)CC2)c(C)cc1C. The number of aryl methyl sites for hydroxylation is 2. The Hall–Kier alpha value is -4.11. The molecule has 3 aromatic rings.